The molecule has 0 saturated carbocycles. The summed E-state index contributed by atoms with van der Waals surface area (Å²) < 4.78 is 21.9. The number of anilines is 2. The van der Waals surface area contributed by atoms with Crippen LogP contribution in [0.2, 0.25) is 0 Å². The molecule has 24 heteroatoms. The number of nitrogens with zero attached hydrogens (tertiary/aromatic N) is 4. The van der Waals surface area contributed by atoms with Gasteiger partial charge in [0.2, 0.25) is 23.6 Å². The van der Waals surface area contributed by atoms with Crippen LogP contribution in [0.15, 0.2) is 48.5 Å². The molecule has 0 spiro atoms. The highest BCUT2D eigenvalue weighted by atomic mass is 35.5. The van der Waals surface area contributed by atoms with Crippen molar-refractivity contribution >= 4 is 106 Å². The van der Waals surface area contributed by atoms with Gasteiger partial charge < -0.3 is 50.0 Å². The number of carbonyl (C=O) groups is 8. The van der Waals surface area contributed by atoms with Crippen molar-refractivity contribution in [1.29, 1.82) is 0 Å². The Labute approximate surface area is 593 Å². The van der Waals surface area contributed by atoms with E-state index >= 15 is 0 Å². The Balaban J connectivity index is 0.937. The SMILES string of the molecule is CC(C)(C)OC(=O)N[C@@H](Cc1ccc(N(CCCl)CCCl)cc1)C(=O)OCCN1C(=O)CC(NCCCCCCCCCCCCCCCCCCCCCCCCNC2CC(=O)N(CCOC(=O)[C@H](Cc3ccc(N(CCCl)CCCl)cc3)NC(=O)OC(C)(C)C)C2=O)C1=O. The second-order valence-electron chi connectivity index (χ2n) is 27.2. The summed E-state index contributed by atoms with van der Waals surface area (Å²) in [6.45, 7) is 13.6. The Morgan fingerprint density at radius 1 is 0.448 bits per heavy atom. The molecule has 6 amide bonds. The number of likely N-dealkylation sites (tertiary alicyclic amines) is 2. The summed E-state index contributed by atoms with van der Waals surface area (Å²) in [7, 11) is 0. The fourth-order valence-corrected chi connectivity index (χ4v) is 12.6. The molecule has 0 radical (unpaired) electrons. The molecule has 2 fully saturated rings. The Bertz CT molecular complexity index is 2420. The maximum absolute atomic E-state index is 13.4. The van der Waals surface area contributed by atoms with Crippen LogP contribution in [0.3, 0.4) is 0 Å². The van der Waals surface area contributed by atoms with Gasteiger partial charge >= 0.3 is 24.1 Å². The number of rotatable bonds is 51. The molecule has 2 heterocycles. The van der Waals surface area contributed by atoms with Gasteiger partial charge in [-0.3, -0.25) is 29.0 Å². The molecule has 4 N–H and O–H groups in total. The van der Waals surface area contributed by atoms with E-state index in [0.717, 1.165) is 70.8 Å². The highest BCUT2D eigenvalue weighted by Crippen LogP contribution is 2.22. The van der Waals surface area contributed by atoms with Gasteiger partial charge in [0.05, 0.1) is 38.0 Å². The van der Waals surface area contributed by atoms with Crippen LogP contribution < -0.4 is 31.1 Å². The number of unbranched alkanes of at least 4 members (excludes halogenated alkanes) is 21. The number of ether oxygens (including phenoxy) is 4. The Morgan fingerprint density at radius 3 is 0.979 bits per heavy atom. The number of nitrogens with one attached hydrogen (secondary N) is 4. The number of hydrogen-bond acceptors (Lipinski definition) is 16. The molecule has 2 aliphatic heterocycles. The summed E-state index contributed by atoms with van der Waals surface area (Å²) in [5.41, 5.74) is 1.83. The molecule has 2 aromatic carbocycles. The van der Waals surface area contributed by atoms with Crippen LogP contribution in [0.4, 0.5) is 21.0 Å². The molecule has 2 aromatic rings. The van der Waals surface area contributed by atoms with E-state index in [2.05, 4.69) is 31.1 Å². The van der Waals surface area contributed by atoms with Crippen LogP contribution >= 0.6 is 46.4 Å². The molecule has 4 atom stereocenters. The van der Waals surface area contributed by atoms with Gasteiger partial charge in [0.25, 0.3) is 0 Å². The summed E-state index contributed by atoms with van der Waals surface area (Å²) in [5, 5.41) is 11.8. The van der Waals surface area contributed by atoms with Gasteiger partial charge in [0, 0.05) is 73.9 Å². The van der Waals surface area contributed by atoms with Crippen molar-refractivity contribution in [3.63, 3.8) is 0 Å². The molecule has 2 aliphatic rings. The van der Waals surface area contributed by atoms with Crippen LogP contribution in [-0.2, 0) is 60.6 Å². The predicted molar refractivity (Wildman–Crippen MR) is 384 cm³/mol. The van der Waals surface area contributed by atoms with Crippen LogP contribution in [0.1, 0.15) is 207 Å². The zero-order valence-electron chi connectivity index (χ0n) is 58.4. The number of alkyl carbamates (subject to hydrolysis) is 2. The van der Waals surface area contributed by atoms with Gasteiger partial charge in [-0.2, -0.15) is 0 Å². The monoisotopic (exact) mass is 1420 g/mol. The van der Waals surface area contributed by atoms with E-state index in [-0.39, 0.29) is 75.6 Å². The molecule has 0 aromatic heterocycles. The summed E-state index contributed by atoms with van der Waals surface area (Å²) in [6, 6.07) is 11.8. The lowest BCUT2D eigenvalue weighted by Gasteiger charge is -2.24. The summed E-state index contributed by atoms with van der Waals surface area (Å²) in [5.74, 6) is -0.908. The van der Waals surface area contributed by atoms with Gasteiger partial charge in [0.1, 0.15) is 36.5 Å². The van der Waals surface area contributed by atoms with Gasteiger partial charge in [-0.1, -0.05) is 153 Å². The lowest BCUT2D eigenvalue weighted by molar-refractivity contribution is -0.149. The zero-order chi connectivity index (χ0) is 70.1. The third-order valence-corrected chi connectivity index (χ3v) is 17.5. The summed E-state index contributed by atoms with van der Waals surface area (Å²) in [4.78, 5) is 111. The van der Waals surface area contributed by atoms with E-state index < -0.39 is 59.5 Å². The molecule has 20 nitrogen and oxygen atoms in total. The average Bonchev–Trinajstić information content (AvgIpc) is 1.64. The number of alkyl halides is 4. The van der Waals surface area contributed by atoms with Crippen LogP contribution in [0.5, 0.6) is 0 Å². The first-order valence-electron chi connectivity index (χ1n) is 35.4. The largest absolute Gasteiger partial charge is 0.462 e. The number of esters is 2. The molecule has 542 valence electrons. The minimum absolute atomic E-state index is 0.0661. The minimum atomic E-state index is -1.07. The number of hydrogen-bond donors (Lipinski definition) is 4. The zero-order valence-corrected chi connectivity index (χ0v) is 61.4. The first kappa shape index (κ1) is 83.3. The lowest BCUT2D eigenvalue weighted by Crippen LogP contribution is -2.46. The predicted octanol–water partition coefficient (Wildman–Crippen LogP) is 12.9. The second kappa shape index (κ2) is 47.0. The van der Waals surface area contributed by atoms with Crippen molar-refractivity contribution in [2.75, 3.05) is 98.9 Å². The first-order valence-corrected chi connectivity index (χ1v) is 37.6. The smallest absolute Gasteiger partial charge is 0.408 e. The number of halogens is 4. The third kappa shape index (κ3) is 34.1. The van der Waals surface area contributed by atoms with Gasteiger partial charge in [-0.15, -0.1) is 46.4 Å². The van der Waals surface area contributed by atoms with E-state index in [0.29, 0.717) is 62.8 Å². The van der Waals surface area contributed by atoms with E-state index in [9.17, 15) is 38.4 Å². The molecule has 4 rings (SSSR count). The normalized spacial score (nSPS) is 15.6. The standard InChI is InChI=1S/C72H114Cl4N8O12/c1-71(2,3)95-69(91)79-61(51-55-29-33-57(34-30-55)81(43-37-73)44-38-74)67(89)93-49-47-83-63(85)53-59(65(83)87)77-41-27-25-23-21-19-17-15-13-11-9-7-8-10-12-14-16-18-20-22-24-26-28-42-78-60-54-64(86)84(66(60)88)48-50-94-68(90)62(80-70(92)96-72(4,5)6)52-56-31-35-58(36-32-56)82(45-39-75)46-40-76/h29-36,59-62,77-78H,7-28,37-54H2,1-6H3,(H,79,91)(H,80,92)/t59?,60?,61-,62-/m0/s1. The fourth-order valence-electron chi connectivity index (χ4n) is 11.8. The quantitative estimate of drug-likeness (QED) is 0.0158. The fraction of sp³-hybridized carbons (Fsp3) is 0.722. The van der Waals surface area contributed by atoms with Crippen LogP contribution in [-0.4, -0.2) is 182 Å². The van der Waals surface area contributed by atoms with Gasteiger partial charge in [-0.25, -0.2) is 19.2 Å². The molecule has 2 saturated heterocycles. The molecule has 0 aliphatic carbocycles. The lowest BCUT2D eigenvalue weighted by atomic mass is 10.0. The van der Waals surface area contributed by atoms with Crippen molar-refractivity contribution in [2.24, 2.45) is 0 Å². The van der Waals surface area contributed by atoms with Crippen molar-refractivity contribution in [3.05, 3.63) is 59.7 Å². The molecule has 0 bridgehead atoms. The van der Waals surface area contributed by atoms with Crippen molar-refractivity contribution in [1.82, 2.24) is 31.1 Å². The van der Waals surface area contributed by atoms with E-state index in [4.69, 9.17) is 65.4 Å². The maximum atomic E-state index is 13.4. The van der Waals surface area contributed by atoms with E-state index in [1.54, 1.807) is 41.5 Å². The van der Waals surface area contributed by atoms with Crippen LogP contribution in [0.25, 0.3) is 0 Å². The summed E-state index contributed by atoms with van der Waals surface area (Å²) in [6.07, 6.45) is 25.6. The van der Waals surface area contributed by atoms with Crippen LogP contribution in [0, 0.1) is 0 Å². The summed E-state index contributed by atoms with van der Waals surface area (Å²) >= 11 is 23.9. The van der Waals surface area contributed by atoms with Gasteiger partial charge in [0.15, 0.2) is 0 Å². The maximum Gasteiger partial charge on any atom is 0.408 e. The average molecular weight is 1430 g/mol. The topological polar surface area (TPSA) is 235 Å². The molecule has 2 unspecified atom stereocenters. The number of carbonyl (C=O) groups excluding carboxylic acids is 8. The van der Waals surface area contributed by atoms with E-state index in [1.807, 2.05) is 48.5 Å². The highest BCUT2D eigenvalue weighted by molar-refractivity contribution is 6.19. The molecular weight excluding hydrogens is 1310 g/mol. The van der Waals surface area contributed by atoms with Gasteiger partial charge in [-0.05, 0) is 103 Å². The van der Waals surface area contributed by atoms with E-state index in [1.165, 1.54) is 103 Å². The number of benzene rings is 2. The first-order chi connectivity index (χ1) is 46.1. The Hall–Kier alpha value is -5.12. The number of amides is 6. The molecular formula is C72H114Cl4N8O12. The van der Waals surface area contributed by atoms with Crippen molar-refractivity contribution in [2.45, 2.75) is 244 Å². The number of imide groups is 2. The second-order valence-corrected chi connectivity index (χ2v) is 28.7. The minimum Gasteiger partial charge on any atom is -0.462 e. The van der Waals surface area contributed by atoms with Crippen molar-refractivity contribution in [3.8, 4) is 0 Å². The highest BCUT2D eigenvalue weighted by Gasteiger charge is 2.40. The Kier molecular flexibility index (Phi) is 40.8. The Morgan fingerprint density at radius 2 is 0.719 bits per heavy atom. The third-order valence-electron chi connectivity index (χ3n) is 16.8. The molecule has 96 heavy (non-hydrogen) atoms. The van der Waals surface area contributed by atoms with Crippen molar-refractivity contribution < 1.29 is 57.3 Å².